The first-order valence-corrected chi connectivity index (χ1v) is 5.10. The minimum atomic E-state index is -1.08. The predicted octanol–water partition coefficient (Wildman–Crippen LogP) is 2.39. The number of rotatable bonds is 1. The number of carboxylic acids is 1. The highest BCUT2D eigenvalue weighted by molar-refractivity contribution is 5.87. The lowest BCUT2D eigenvalue weighted by Crippen LogP contribution is -2.08. The van der Waals surface area contributed by atoms with Crippen LogP contribution in [0, 0.1) is 11.8 Å². The van der Waals surface area contributed by atoms with Gasteiger partial charge in [0.1, 0.15) is 0 Å². The molecule has 0 spiro atoms. The Balaban J connectivity index is 2.19. The monoisotopic (exact) mass is 200 g/mol. The summed E-state index contributed by atoms with van der Waals surface area (Å²) in [4.78, 5) is 10.3. The Morgan fingerprint density at radius 2 is 2.20 bits per heavy atom. The summed E-state index contributed by atoms with van der Waals surface area (Å²) in [6, 6.07) is 7.88. The van der Waals surface area contributed by atoms with Gasteiger partial charge in [-0.05, 0) is 36.5 Å². The summed E-state index contributed by atoms with van der Waals surface area (Å²) >= 11 is 0. The molecular weight excluding hydrogens is 188 g/mol. The summed E-state index contributed by atoms with van der Waals surface area (Å²) < 4.78 is 0. The van der Waals surface area contributed by atoms with E-state index in [1.54, 1.807) is 0 Å². The Morgan fingerprint density at radius 3 is 2.80 bits per heavy atom. The van der Waals surface area contributed by atoms with Gasteiger partial charge in [0.25, 0.3) is 0 Å². The van der Waals surface area contributed by atoms with Crippen LogP contribution in [0.15, 0.2) is 24.3 Å². The molecule has 0 amide bonds. The summed E-state index contributed by atoms with van der Waals surface area (Å²) in [6.07, 6.45) is 3.79. The topological polar surface area (TPSA) is 37.3 Å². The Labute approximate surface area is 88.9 Å². The zero-order valence-electron chi connectivity index (χ0n) is 8.36. The number of carboxylic acid groups (broad SMARTS) is 1. The summed E-state index contributed by atoms with van der Waals surface area (Å²) in [7, 11) is 0. The maximum Gasteiger partial charge on any atom is 0.382 e. The van der Waals surface area contributed by atoms with E-state index >= 15 is 0 Å². The lowest BCUT2D eigenvalue weighted by molar-refractivity contribution is -0.130. The van der Waals surface area contributed by atoms with Crippen LogP contribution in [0.1, 0.15) is 36.3 Å². The number of carbonyl (C=O) groups is 1. The van der Waals surface area contributed by atoms with Crippen LogP contribution < -0.4 is 0 Å². The van der Waals surface area contributed by atoms with Gasteiger partial charge in [0.05, 0.1) is 0 Å². The first-order chi connectivity index (χ1) is 7.25. The first kappa shape index (κ1) is 9.79. The zero-order chi connectivity index (χ0) is 10.7. The van der Waals surface area contributed by atoms with Crippen LogP contribution in [-0.2, 0) is 4.79 Å². The van der Waals surface area contributed by atoms with Gasteiger partial charge in [0.15, 0.2) is 0 Å². The van der Waals surface area contributed by atoms with Gasteiger partial charge in [-0.15, -0.1) is 0 Å². The molecule has 1 aliphatic carbocycles. The van der Waals surface area contributed by atoms with Crippen LogP contribution in [0.3, 0.4) is 0 Å². The van der Waals surface area contributed by atoms with Gasteiger partial charge in [-0.3, -0.25) is 0 Å². The highest BCUT2D eigenvalue weighted by atomic mass is 16.4. The third kappa shape index (κ3) is 2.38. The standard InChI is InChI=1S/C13H12O2/c14-13(15)8-7-10-3-1-6-12(9-10)11-4-2-5-11/h1,3,6,9,11H,2,4-5H2,(H,14,15). The summed E-state index contributed by atoms with van der Waals surface area (Å²) in [5, 5.41) is 8.44. The predicted molar refractivity (Wildman–Crippen MR) is 57.5 cm³/mol. The molecule has 1 fully saturated rings. The van der Waals surface area contributed by atoms with Crippen LogP contribution in [0.4, 0.5) is 0 Å². The van der Waals surface area contributed by atoms with Crippen LogP contribution in [-0.4, -0.2) is 11.1 Å². The molecule has 1 saturated carbocycles. The number of hydrogen-bond acceptors (Lipinski definition) is 1. The van der Waals surface area contributed by atoms with E-state index in [0.717, 1.165) is 5.56 Å². The Morgan fingerprint density at radius 1 is 1.40 bits per heavy atom. The van der Waals surface area contributed by atoms with Crippen molar-refractivity contribution in [1.82, 2.24) is 0 Å². The van der Waals surface area contributed by atoms with E-state index in [-0.39, 0.29) is 0 Å². The molecule has 0 bridgehead atoms. The second-order valence-corrected chi connectivity index (χ2v) is 3.81. The fourth-order valence-corrected chi connectivity index (χ4v) is 1.74. The van der Waals surface area contributed by atoms with Crippen molar-refractivity contribution in [3.63, 3.8) is 0 Å². The van der Waals surface area contributed by atoms with Crippen molar-refractivity contribution < 1.29 is 9.90 Å². The van der Waals surface area contributed by atoms with Gasteiger partial charge in [-0.25, -0.2) is 4.79 Å². The van der Waals surface area contributed by atoms with Crippen LogP contribution >= 0.6 is 0 Å². The van der Waals surface area contributed by atoms with E-state index in [2.05, 4.69) is 17.9 Å². The van der Waals surface area contributed by atoms with Crippen molar-refractivity contribution in [2.75, 3.05) is 0 Å². The summed E-state index contributed by atoms with van der Waals surface area (Å²) in [5.74, 6) is 4.35. The number of hydrogen-bond donors (Lipinski definition) is 1. The van der Waals surface area contributed by atoms with Crippen molar-refractivity contribution in [2.45, 2.75) is 25.2 Å². The van der Waals surface area contributed by atoms with Gasteiger partial charge >= 0.3 is 5.97 Å². The highest BCUT2D eigenvalue weighted by Crippen LogP contribution is 2.36. The smallest absolute Gasteiger partial charge is 0.382 e. The van der Waals surface area contributed by atoms with Crippen molar-refractivity contribution in [3.05, 3.63) is 35.4 Å². The zero-order valence-corrected chi connectivity index (χ0v) is 8.36. The normalized spacial score (nSPS) is 14.9. The molecule has 0 aliphatic heterocycles. The van der Waals surface area contributed by atoms with Crippen molar-refractivity contribution in [3.8, 4) is 11.8 Å². The quantitative estimate of drug-likeness (QED) is 0.707. The van der Waals surface area contributed by atoms with E-state index in [1.165, 1.54) is 24.8 Å². The largest absolute Gasteiger partial charge is 0.472 e. The molecule has 1 aromatic rings. The average Bonchev–Trinajstić information content (AvgIpc) is 2.13. The third-order valence-electron chi connectivity index (χ3n) is 2.78. The van der Waals surface area contributed by atoms with Gasteiger partial charge in [-0.2, -0.15) is 0 Å². The molecule has 1 N–H and O–H groups in total. The maximum atomic E-state index is 10.3. The Hall–Kier alpha value is -1.75. The molecule has 15 heavy (non-hydrogen) atoms. The second kappa shape index (κ2) is 4.18. The van der Waals surface area contributed by atoms with Crippen LogP contribution in [0.2, 0.25) is 0 Å². The molecule has 2 nitrogen and oxygen atoms in total. The third-order valence-corrected chi connectivity index (χ3v) is 2.78. The van der Waals surface area contributed by atoms with E-state index in [9.17, 15) is 4.79 Å². The average molecular weight is 200 g/mol. The molecule has 0 aromatic heterocycles. The lowest BCUT2D eigenvalue weighted by Gasteiger charge is -2.25. The lowest BCUT2D eigenvalue weighted by atomic mass is 9.80. The molecule has 0 atom stereocenters. The van der Waals surface area contributed by atoms with Crippen LogP contribution in [0.25, 0.3) is 0 Å². The van der Waals surface area contributed by atoms with Crippen molar-refractivity contribution in [2.24, 2.45) is 0 Å². The van der Waals surface area contributed by atoms with E-state index in [0.29, 0.717) is 5.92 Å². The Kier molecular flexibility index (Phi) is 2.73. The SMILES string of the molecule is O=C(O)C#Cc1cccc(C2CCC2)c1. The van der Waals surface area contributed by atoms with Gasteiger partial charge in [0, 0.05) is 11.5 Å². The van der Waals surface area contributed by atoms with E-state index < -0.39 is 5.97 Å². The molecule has 2 rings (SSSR count). The molecule has 2 heteroatoms. The van der Waals surface area contributed by atoms with E-state index in [1.807, 2.05) is 18.2 Å². The number of benzene rings is 1. The fourth-order valence-electron chi connectivity index (χ4n) is 1.74. The molecule has 0 saturated heterocycles. The van der Waals surface area contributed by atoms with Gasteiger partial charge < -0.3 is 5.11 Å². The number of aliphatic carboxylic acids is 1. The fraction of sp³-hybridized carbons (Fsp3) is 0.308. The summed E-state index contributed by atoms with van der Waals surface area (Å²) in [6.45, 7) is 0. The molecule has 1 aromatic carbocycles. The molecule has 76 valence electrons. The molecule has 0 radical (unpaired) electrons. The van der Waals surface area contributed by atoms with Crippen molar-refractivity contribution >= 4 is 5.97 Å². The molecule has 0 heterocycles. The second-order valence-electron chi connectivity index (χ2n) is 3.81. The Bertz CT molecular complexity index is 433. The maximum absolute atomic E-state index is 10.3. The van der Waals surface area contributed by atoms with Gasteiger partial charge in [0.2, 0.25) is 0 Å². The highest BCUT2D eigenvalue weighted by Gasteiger charge is 2.18. The van der Waals surface area contributed by atoms with E-state index in [4.69, 9.17) is 5.11 Å². The van der Waals surface area contributed by atoms with Gasteiger partial charge in [-0.1, -0.05) is 24.5 Å². The minimum absolute atomic E-state index is 0.663. The summed E-state index contributed by atoms with van der Waals surface area (Å²) in [5.41, 5.74) is 2.08. The molecule has 1 aliphatic rings. The van der Waals surface area contributed by atoms with Crippen molar-refractivity contribution in [1.29, 1.82) is 0 Å². The minimum Gasteiger partial charge on any atom is -0.472 e. The first-order valence-electron chi connectivity index (χ1n) is 5.10. The molecule has 0 unspecified atom stereocenters. The van der Waals surface area contributed by atoms with Crippen LogP contribution in [0.5, 0.6) is 0 Å². The molecular formula is C13H12O2.